The Kier molecular flexibility index (Phi) is 4.97. The van der Waals surface area contributed by atoms with Crippen LogP contribution in [0.3, 0.4) is 0 Å². The summed E-state index contributed by atoms with van der Waals surface area (Å²) in [6.07, 6.45) is 4.43. The van der Waals surface area contributed by atoms with Crippen LogP contribution in [-0.2, 0) is 9.47 Å². The van der Waals surface area contributed by atoms with Gasteiger partial charge in [-0.3, -0.25) is 0 Å². The predicted octanol–water partition coefficient (Wildman–Crippen LogP) is 3.27. The largest absolute Gasteiger partial charge is 0.351 e. The first kappa shape index (κ1) is 14.5. The number of rotatable bonds is 5. The highest BCUT2D eigenvalue weighted by Gasteiger charge is 2.44. The van der Waals surface area contributed by atoms with E-state index in [-0.39, 0.29) is 6.04 Å². The molecule has 0 amide bonds. The van der Waals surface area contributed by atoms with Crippen LogP contribution in [0.5, 0.6) is 0 Å². The number of hydrogen-bond acceptors (Lipinski definition) is 3. The van der Waals surface area contributed by atoms with Gasteiger partial charge >= 0.3 is 0 Å². The van der Waals surface area contributed by atoms with Gasteiger partial charge in [0.1, 0.15) is 0 Å². The summed E-state index contributed by atoms with van der Waals surface area (Å²) in [6, 6.07) is 11.1. The Morgan fingerprint density at radius 2 is 1.89 bits per heavy atom. The summed E-state index contributed by atoms with van der Waals surface area (Å²) in [7, 11) is 3.47. The second-order valence-corrected chi connectivity index (χ2v) is 5.25. The number of benzene rings is 1. The van der Waals surface area contributed by atoms with Gasteiger partial charge in [0.25, 0.3) is 0 Å². The van der Waals surface area contributed by atoms with E-state index in [1.165, 1.54) is 18.4 Å². The third kappa shape index (κ3) is 2.99. The van der Waals surface area contributed by atoms with E-state index in [9.17, 15) is 0 Å². The van der Waals surface area contributed by atoms with Crippen molar-refractivity contribution in [2.75, 3.05) is 14.2 Å². The van der Waals surface area contributed by atoms with E-state index in [0.29, 0.717) is 6.04 Å². The third-order valence-electron chi connectivity index (χ3n) is 4.14. The lowest BCUT2D eigenvalue weighted by Crippen LogP contribution is -2.54. The Hall–Kier alpha value is -0.900. The van der Waals surface area contributed by atoms with Gasteiger partial charge in [-0.1, -0.05) is 43.7 Å². The molecular formula is C16H25NO2. The fourth-order valence-corrected chi connectivity index (χ4v) is 3.06. The molecule has 0 saturated carbocycles. The van der Waals surface area contributed by atoms with Gasteiger partial charge in [-0.25, -0.2) is 0 Å². The minimum atomic E-state index is -0.550. The van der Waals surface area contributed by atoms with E-state index in [1.54, 1.807) is 14.2 Å². The van der Waals surface area contributed by atoms with Gasteiger partial charge in [0.2, 0.25) is 0 Å². The molecule has 1 saturated heterocycles. The monoisotopic (exact) mass is 263 g/mol. The quantitative estimate of drug-likeness (QED) is 0.827. The first-order valence-electron chi connectivity index (χ1n) is 7.17. The molecule has 0 spiro atoms. The van der Waals surface area contributed by atoms with E-state index in [0.717, 1.165) is 12.8 Å². The van der Waals surface area contributed by atoms with E-state index >= 15 is 0 Å². The molecule has 1 aromatic carbocycles. The highest BCUT2D eigenvalue weighted by Crippen LogP contribution is 2.38. The lowest BCUT2D eigenvalue weighted by atomic mass is 9.86. The second-order valence-electron chi connectivity index (χ2n) is 5.25. The van der Waals surface area contributed by atoms with E-state index in [2.05, 4.69) is 36.5 Å². The molecule has 3 heteroatoms. The second kappa shape index (κ2) is 6.51. The van der Waals surface area contributed by atoms with Crippen molar-refractivity contribution in [3.63, 3.8) is 0 Å². The summed E-state index contributed by atoms with van der Waals surface area (Å²) < 4.78 is 11.5. The van der Waals surface area contributed by atoms with Gasteiger partial charge in [-0.05, 0) is 18.4 Å². The Labute approximate surface area is 116 Å². The van der Waals surface area contributed by atoms with Crippen LogP contribution < -0.4 is 5.32 Å². The predicted molar refractivity (Wildman–Crippen MR) is 77.0 cm³/mol. The minimum absolute atomic E-state index is 0.0917. The van der Waals surface area contributed by atoms with E-state index in [1.807, 2.05) is 6.07 Å². The summed E-state index contributed by atoms with van der Waals surface area (Å²) in [5, 5.41) is 3.71. The molecule has 0 aliphatic carbocycles. The number of ether oxygens (including phenoxy) is 2. The molecule has 0 aromatic heterocycles. The summed E-state index contributed by atoms with van der Waals surface area (Å²) in [4.78, 5) is 0. The van der Waals surface area contributed by atoms with Crippen LogP contribution >= 0.6 is 0 Å². The lowest BCUT2D eigenvalue weighted by Gasteiger charge is -2.45. The molecule has 1 aromatic rings. The molecule has 1 aliphatic rings. The Morgan fingerprint density at radius 1 is 1.21 bits per heavy atom. The minimum Gasteiger partial charge on any atom is -0.351 e. The normalized spacial score (nSPS) is 26.3. The maximum atomic E-state index is 5.74. The fourth-order valence-electron chi connectivity index (χ4n) is 3.06. The molecule has 0 unspecified atom stereocenters. The molecule has 1 fully saturated rings. The van der Waals surface area contributed by atoms with Gasteiger partial charge in [0.15, 0.2) is 5.79 Å². The topological polar surface area (TPSA) is 30.5 Å². The van der Waals surface area contributed by atoms with E-state index < -0.39 is 5.79 Å². The Bertz CT molecular complexity index is 376. The standard InChI is InChI=1S/C16H25NO2/c1-4-8-14-11-12-16(18-2,19-3)15(17-14)13-9-6-5-7-10-13/h5-7,9-10,14-15,17H,4,8,11-12H2,1-3H3/t14-,15-/m0/s1. The first-order valence-corrected chi connectivity index (χ1v) is 7.17. The van der Waals surface area contributed by atoms with Crippen LogP contribution in [-0.4, -0.2) is 26.0 Å². The summed E-state index contributed by atoms with van der Waals surface area (Å²) in [5.74, 6) is -0.550. The SMILES string of the molecule is CCC[C@H]1CCC(OC)(OC)[C@H](c2ccccc2)N1. The number of hydrogen-bond donors (Lipinski definition) is 1. The van der Waals surface area contributed by atoms with Gasteiger partial charge < -0.3 is 14.8 Å². The highest BCUT2D eigenvalue weighted by atomic mass is 16.7. The molecule has 2 atom stereocenters. The summed E-state index contributed by atoms with van der Waals surface area (Å²) in [5.41, 5.74) is 1.23. The molecule has 3 nitrogen and oxygen atoms in total. The molecule has 106 valence electrons. The maximum absolute atomic E-state index is 5.74. The molecule has 0 bridgehead atoms. The zero-order valence-electron chi connectivity index (χ0n) is 12.2. The Morgan fingerprint density at radius 3 is 2.47 bits per heavy atom. The van der Waals surface area contributed by atoms with Crippen molar-refractivity contribution in [2.24, 2.45) is 0 Å². The first-order chi connectivity index (χ1) is 9.25. The van der Waals surface area contributed by atoms with Crippen molar-refractivity contribution >= 4 is 0 Å². The van der Waals surface area contributed by atoms with Gasteiger partial charge in [-0.15, -0.1) is 0 Å². The molecule has 2 rings (SSSR count). The lowest BCUT2D eigenvalue weighted by molar-refractivity contribution is -0.243. The molecule has 1 aliphatic heterocycles. The molecule has 19 heavy (non-hydrogen) atoms. The van der Waals surface area contributed by atoms with Gasteiger partial charge in [-0.2, -0.15) is 0 Å². The van der Waals surface area contributed by atoms with Gasteiger partial charge in [0.05, 0.1) is 6.04 Å². The van der Waals surface area contributed by atoms with Crippen LogP contribution in [0.15, 0.2) is 30.3 Å². The summed E-state index contributed by atoms with van der Waals surface area (Å²) >= 11 is 0. The number of piperidine rings is 1. The highest BCUT2D eigenvalue weighted by molar-refractivity contribution is 5.22. The average molecular weight is 263 g/mol. The summed E-state index contributed by atoms with van der Waals surface area (Å²) in [6.45, 7) is 2.23. The molecule has 0 radical (unpaired) electrons. The number of methoxy groups -OCH3 is 2. The fraction of sp³-hybridized carbons (Fsp3) is 0.625. The third-order valence-corrected chi connectivity index (χ3v) is 4.14. The smallest absolute Gasteiger partial charge is 0.187 e. The van der Waals surface area contributed by atoms with Crippen molar-refractivity contribution in [1.82, 2.24) is 5.32 Å². The van der Waals surface area contributed by atoms with E-state index in [4.69, 9.17) is 9.47 Å². The van der Waals surface area contributed by atoms with Crippen molar-refractivity contribution in [3.8, 4) is 0 Å². The van der Waals surface area contributed by atoms with Crippen LogP contribution in [0.25, 0.3) is 0 Å². The van der Waals surface area contributed by atoms with Crippen LogP contribution in [0.1, 0.15) is 44.2 Å². The maximum Gasteiger partial charge on any atom is 0.187 e. The molecular weight excluding hydrogens is 238 g/mol. The van der Waals surface area contributed by atoms with Crippen molar-refractivity contribution in [3.05, 3.63) is 35.9 Å². The average Bonchev–Trinajstić information content (AvgIpc) is 2.49. The van der Waals surface area contributed by atoms with Crippen molar-refractivity contribution in [2.45, 2.75) is 50.5 Å². The van der Waals surface area contributed by atoms with Crippen molar-refractivity contribution < 1.29 is 9.47 Å². The zero-order valence-corrected chi connectivity index (χ0v) is 12.2. The van der Waals surface area contributed by atoms with Crippen molar-refractivity contribution in [1.29, 1.82) is 0 Å². The Balaban J connectivity index is 2.25. The zero-order chi connectivity index (χ0) is 13.7. The number of nitrogens with one attached hydrogen (secondary N) is 1. The van der Waals surface area contributed by atoms with Crippen LogP contribution in [0, 0.1) is 0 Å². The molecule has 1 N–H and O–H groups in total. The van der Waals surface area contributed by atoms with Crippen LogP contribution in [0.4, 0.5) is 0 Å². The van der Waals surface area contributed by atoms with Crippen LogP contribution in [0.2, 0.25) is 0 Å². The molecule has 1 heterocycles. The van der Waals surface area contributed by atoms with Gasteiger partial charge in [0, 0.05) is 26.7 Å².